The fourth-order valence-electron chi connectivity index (χ4n) is 1.74. The zero-order valence-corrected chi connectivity index (χ0v) is 9.39. The average Bonchev–Trinajstić information content (AvgIpc) is 3.11. The molecule has 3 N–H and O–H groups in total. The van der Waals surface area contributed by atoms with Gasteiger partial charge in [-0.15, -0.1) is 0 Å². The van der Waals surface area contributed by atoms with Crippen molar-refractivity contribution in [3.05, 3.63) is 12.1 Å². The monoisotopic (exact) mass is 223 g/mol. The number of nitrogens with zero attached hydrogens (tertiary/aromatic N) is 2. The Balaban J connectivity index is 2.27. The number of hydrogen-bond donors (Lipinski definition) is 2. The molecule has 0 aromatic carbocycles. The van der Waals surface area contributed by atoms with E-state index in [9.17, 15) is 0 Å². The summed E-state index contributed by atoms with van der Waals surface area (Å²) in [4.78, 5) is 6.39. The fourth-order valence-corrected chi connectivity index (χ4v) is 1.74. The van der Waals surface area contributed by atoms with Crippen LogP contribution in [0.1, 0.15) is 12.8 Å². The van der Waals surface area contributed by atoms with E-state index < -0.39 is 0 Å². The summed E-state index contributed by atoms with van der Waals surface area (Å²) >= 11 is 0. The number of aliphatic hydroxyl groups is 1. The van der Waals surface area contributed by atoms with Crippen LogP contribution in [0.25, 0.3) is 0 Å². The fraction of sp³-hybridized carbons (Fsp3) is 0.545. The average molecular weight is 223 g/mol. The van der Waals surface area contributed by atoms with Crippen molar-refractivity contribution in [2.75, 3.05) is 30.9 Å². The van der Waals surface area contributed by atoms with Gasteiger partial charge in [-0.25, -0.2) is 0 Å². The van der Waals surface area contributed by atoms with Crippen LogP contribution < -0.4 is 15.4 Å². The van der Waals surface area contributed by atoms with E-state index in [4.69, 9.17) is 15.6 Å². The third-order valence-corrected chi connectivity index (χ3v) is 2.69. The molecule has 1 saturated carbocycles. The molecule has 0 radical (unpaired) electrons. The molecule has 1 aromatic rings. The number of ether oxygens (including phenoxy) is 1. The predicted molar refractivity (Wildman–Crippen MR) is 62.7 cm³/mol. The quantitative estimate of drug-likeness (QED) is 0.766. The van der Waals surface area contributed by atoms with Crippen molar-refractivity contribution in [1.29, 1.82) is 0 Å². The van der Waals surface area contributed by atoms with Crippen molar-refractivity contribution in [2.24, 2.45) is 0 Å². The SMILES string of the molecule is COc1ccc(N)c(N(CCO)C2CC2)n1. The lowest BCUT2D eigenvalue weighted by Gasteiger charge is -2.24. The second-order valence-electron chi connectivity index (χ2n) is 3.91. The lowest BCUT2D eigenvalue weighted by atomic mass is 10.3. The third-order valence-electron chi connectivity index (χ3n) is 2.69. The van der Waals surface area contributed by atoms with Gasteiger partial charge in [-0.3, -0.25) is 0 Å². The number of nitrogens with two attached hydrogens (primary N) is 1. The lowest BCUT2D eigenvalue weighted by Crippen LogP contribution is -2.30. The van der Waals surface area contributed by atoms with Gasteiger partial charge in [-0.05, 0) is 18.9 Å². The molecule has 0 bridgehead atoms. The van der Waals surface area contributed by atoms with Crippen LogP contribution in [0.3, 0.4) is 0 Å². The highest BCUT2D eigenvalue weighted by Gasteiger charge is 2.30. The highest BCUT2D eigenvalue weighted by molar-refractivity contribution is 5.64. The Labute approximate surface area is 94.8 Å². The highest BCUT2D eigenvalue weighted by atomic mass is 16.5. The molecule has 0 saturated heterocycles. The Morgan fingerprint density at radius 3 is 2.88 bits per heavy atom. The molecule has 1 aliphatic rings. The van der Waals surface area contributed by atoms with Gasteiger partial charge in [0.15, 0.2) is 5.82 Å². The molecule has 0 amide bonds. The molecule has 88 valence electrons. The number of nitrogen functional groups attached to an aromatic ring is 1. The van der Waals surface area contributed by atoms with E-state index in [2.05, 4.69) is 9.88 Å². The Hall–Kier alpha value is -1.49. The molecule has 0 spiro atoms. The largest absolute Gasteiger partial charge is 0.481 e. The number of aromatic nitrogens is 1. The second-order valence-corrected chi connectivity index (χ2v) is 3.91. The molecular weight excluding hydrogens is 206 g/mol. The molecule has 0 atom stereocenters. The van der Waals surface area contributed by atoms with E-state index >= 15 is 0 Å². The predicted octanol–water partition coefficient (Wildman–Crippen LogP) is 0.634. The van der Waals surface area contributed by atoms with E-state index in [0.717, 1.165) is 18.7 Å². The maximum Gasteiger partial charge on any atom is 0.215 e. The van der Waals surface area contributed by atoms with E-state index in [0.29, 0.717) is 24.2 Å². The zero-order valence-electron chi connectivity index (χ0n) is 9.39. The first-order valence-electron chi connectivity index (χ1n) is 5.44. The first-order valence-corrected chi connectivity index (χ1v) is 5.44. The van der Waals surface area contributed by atoms with Crippen molar-refractivity contribution in [1.82, 2.24) is 4.98 Å². The maximum atomic E-state index is 9.05. The van der Waals surface area contributed by atoms with Crippen LogP contribution in [-0.2, 0) is 0 Å². The minimum atomic E-state index is 0.106. The van der Waals surface area contributed by atoms with Crippen LogP contribution in [0.4, 0.5) is 11.5 Å². The van der Waals surface area contributed by atoms with Gasteiger partial charge >= 0.3 is 0 Å². The van der Waals surface area contributed by atoms with Gasteiger partial charge in [-0.2, -0.15) is 4.98 Å². The number of aliphatic hydroxyl groups excluding tert-OH is 1. The van der Waals surface area contributed by atoms with Crippen molar-refractivity contribution in [3.8, 4) is 5.88 Å². The molecule has 5 heteroatoms. The molecule has 1 heterocycles. The first kappa shape index (κ1) is 11.0. The molecule has 0 unspecified atom stereocenters. The minimum absolute atomic E-state index is 0.106. The van der Waals surface area contributed by atoms with E-state index in [1.54, 1.807) is 19.2 Å². The van der Waals surface area contributed by atoms with Gasteiger partial charge in [0.25, 0.3) is 0 Å². The van der Waals surface area contributed by atoms with Gasteiger partial charge in [0, 0.05) is 18.7 Å². The Bertz CT molecular complexity index is 366. The van der Waals surface area contributed by atoms with Crippen molar-refractivity contribution < 1.29 is 9.84 Å². The van der Waals surface area contributed by atoms with Gasteiger partial charge in [-0.1, -0.05) is 0 Å². The van der Waals surface area contributed by atoms with Crippen LogP contribution in [0.15, 0.2) is 12.1 Å². The molecule has 1 aliphatic carbocycles. The van der Waals surface area contributed by atoms with Crippen LogP contribution >= 0.6 is 0 Å². The van der Waals surface area contributed by atoms with Crippen LogP contribution in [0.5, 0.6) is 5.88 Å². The van der Waals surface area contributed by atoms with E-state index in [1.165, 1.54) is 0 Å². The second kappa shape index (κ2) is 4.57. The zero-order chi connectivity index (χ0) is 11.5. The van der Waals surface area contributed by atoms with Gasteiger partial charge < -0.3 is 20.5 Å². The number of anilines is 2. The van der Waals surface area contributed by atoms with Crippen molar-refractivity contribution >= 4 is 11.5 Å². The molecule has 16 heavy (non-hydrogen) atoms. The van der Waals surface area contributed by atoms with Crippen molar-refractivity contribution in [2.45, 2.75) is 18.9 Å². The van der Waals surface area contributed by atoms with Crippen LogP contribution in [0.2, 0.25) is 0 Å². The van der Waals surface area contributed by atoms with E-state index in [-0.39, 0.29) is 6.61 Å². The Kier molecular flexibility index (Phi) is 3.14. The van der Waals surface area contributed by atoms with Gasteiger partial charge in [0.1, 0.15) is 0 Å². The smallest absolute Gasteiger partial charge is 0.215 e. The molecular formula is C11H17N3O2. The first-order chi connectivity index (χ1) is 7.76. The molecule has 5 nitrogen and oxygen atoms in total. The van der Waals surface area contributed by atoms with E-state index in [1.807, 2.05) is 0 Å². The normalized spacial score (nSPS) is 14.9. The Morgan fingerprint density at radius 2 is 2.31 bits per heavy atom. The number of pyridine rings is 1. The standard InChI is InChI=1S/C11H17N3O2/c1-16-10-5-4-9(12)11(13-10)14(6-7-15)8-2-3-8/h4-5,8,15H,2-3,6-7,12H2,1H3. The summed E-state index contributed by atoms with van der Waals surface area (Å²) < 4.78 is 5.08. The summed E-state index contributed by atoms with van der Waals surface area (Å²) in [5.41, 5.74) is 6.53. The molecule has 1 aromatic heterocycles. The summed E-state index contributed by atoms with van der Waals surface area (Å²) in [5, 5.41) is 9.05. The highest BCUT2D eigenvalue weighted by Crippen LogP contribution is 2.34. The van der Waals surface area contributed by atoms with Crippen molar-refractivity contribution in [3.63, 3.8) is 0 Å². The third kappa shape index (κ3) is 2.19. The van der Waals surface area contributed by atoms with Gasteiger partial charge in [0.05, 0.1) is 19.4 Å². The Morgan fingerprint density at radius 1 is 1.56 bits per heavy atom. The van der Waals surface area contributed by atoms with Gasteiger partial charge in [0.2, 0.25) is 5.88 Å². The topological polar surface area (TPSA) is 71.6 Å². The number of rotatable bonds is 5. The number of methoxy groups -OCH3 is 1. The van der Waals surface area contributed by atoms with Crippen LogP contribution in [-0.4, -0.2) is 36.4 Å². The summed E-state index contributed by atoms with van der Waals surface area (Å²) in [6.07, 6.45) is 2.27. The lowest BCUT2D eigenvalue weighted by molar-refractivity contribution is 0.301. The molecule has 2 rings (SSSR count). The summed E-state index contributed by atoms with van der Waals surface area (Å²) in [7, 11) is 1.58. The molecule has 1 fully saturated rings. The number of hydrogen-bond acceptors (Lipinski definition) is 5. The summed E-state index contributed by atoms with van der Waals surface area (Å²) in [6, 6.07) is 3.99. The summed E-state index contributed by atoms with van der Waals surface area (Å²) in [5.74, 6) is 1.27. The maximum absolute atomic E-state index is 9.05. The molecule has 0 aliphatic heterocycles. The summed E-state index contributed by atoms with van der Waals surface area (Å²) in [6.45, 7) is 0.671. The van der Waals surface area contributed by atoms with Crippen LogP contribution in [0, 0.1) is 0 Å². The minimum Gasteiger partial charge on any atom is -0.481 e.